The van der Waals surface area contributed by atoms with E-state index in [-0.39, 0.29) is 36.7 Å². The zero-order valence-electron chi connectivity index (χ0n) is 13.2. The molecule has 0 spiro atoms. The summed E-state index contributed by atoms with van der Waals surface area (Å²) in [6.45, 7) is 3.94. The van der Waals surface area contributed by atoms with Crippen LogP contribution < -0.4 is 11.1 Å². The fourth-order valence-corrected chi connectivity index (χ4v) is 2.44. The minimum atomic E-state index is -0.548. The molecule has 1 fully saturated rings. The number of hydrogen-bond donors (Lipinski definition) is 2. The van der Waals surface area contributed by atoms with Gasteiger partial charge in [-0.2, -0.15) is 0 Å². The Labute approximate surface area is 142 Å². The zero-order chi connectivity index (χ0) is 15.9. The van der Waals surface area contributed by atoms with Gasteiger partial charge in [-0.1, -0.05) is 30.3 Å². The first-order valence-corrected chi connectivity index (χ1v) is 7.54. The van der Waals surface area contributed by atoms with Gasteiger partial charge in [-0.25, -0.2) is 0 Å². The maximum Gasteiger partial charge on any atom is 0.245 e. The van der Waals surface area contributed by atoms with Gasteiger partial charge in [0.25, 0.3) is 0 Å². The van der Waals surface area contributed by atoms with E-state index in [1.807, 2.05) is 30.3 Å². The molecule has 1 aliphatic heterocycles. The minimum absolute atomic E-state index is 0. The van der Waals surface area contributed by atoms with Gasteiger partial charge in [0.1, 0.15) is 6.04 Å². The molecule has 1 saturated heterocycles. The molecule has 0 aromatic heterocycles. The van der Waals surface area contributed by atoms with E-state index in [0.717, 1.165) is 5.56 Å². The number of halogens is 1. The number of morpholine rings is 1. The lowest BCUT2D eigenvalue weighted by Gasteiger charge is -2.29. The first-order chi connectivity index (χ1) is 10.6. The van der Waals surface area contributed by atoms with Gasteiger partial charge < -0.3 is 20.7 Å². The van der Waals surface area contributed by atoms with Gasteiger partial charge in [0.15, 0.2) is 0 Å². The fraction of sp³-hybridized carbons (Fsp3) is 0.500. The molecule has 0 radical (unpaired) electrons. The number of carbonyl (C=O) groups excluding carboxylic acids is 2. The maximum absolute atomic E-state index is 12.2. The molecule has 3 N–H and O–H groups in total. The minimum Gasteiger partial charge on any atom is -0.378 e. The lowest BCUT2D eigenvalue weighted by molar-refractivity contribution is -0.139. The summed E-state index contributed by atoms with van der Waals surface area (Å²) < 4.78 is 5.21. The molecule has 7 heteroatoms. The van der Waals surface area contributed by atoms with Crippen molar-refractivity contribution in [3.63, 3.8) is 0 Å². The van der Waals surface area contributed by atoms with Crippen molar-refractivity contribution in [1.82, 2.24) is 10.2 Å². The largest absolute Gasteiger partial charge is 0.378 e. The second-order valence-corrected chi connectivity index (χ2v) is 5.45. The van der Waals surface area contributed by atoms with Gasteiger partial charge in [0.2, 0.25) is 11.8 Å². The Kier molecular flexibility index (Phi) is 8.02. The van der Waals surface area contributed by atoms with E-state index in [2.05, 4.69) is 5.32 Å². The quantitative estimate of drug-likeness (QED) is 0.832. The highest BCUT2D eigenvalue weighted by Crippen LogP contribution is 2.13. The molecule has 1 aromatic carbocycles. The van der Waals surface area contributed by atoms with Crippen LogP contribution in [0, 0.1) is 0 Å². The van der Waals surface area contributed by atoms with Crippen LogP contribution >= 0.6 is 12.4 Å². The number of amides is 2. The number of nitrogens with two attached hydrogens (primary N) is 1. The van der Waals surface area contributed by atoms with Crippen molar-refractivity contribution in [3.05, 3.63) is 35.9 Å². The molecule has 2 unspecified atom stereocenters. The molecule has 2 atom stereocenters. The standard InChI is InChI=1S/C16H23N3O3.ClH/c1-12(16(21)19-7-9-22-10-8-19)18-15(20)11-14(17)13-5-3-2-4-6-13;/h2-6,12,14H,7-11,17H2,1H3,(H,18,20);1H. The number of carbonyl (C=O) groups is 2. The predicted molar refractivity (Wildman–Crippen MR) is 90.2 cm³/mol. The second kappa shape index (κ2) is 9.50. The number of rotatable bonds is 5. The smallest absolute Gasteiger partial charge is 0.245 e. The van der Waals surface area contributed by atoms with Crippen LogP contribution in [0.25, 0.3) is 0 Å². The Morgan fingerprint density at radius 2 is 1.87 bits per heavy atom. The van der Waals surface area contributed by atoms with E-state index in [1.165, 1.54) is 0 Å². The Hall–Kier alpha value is -1.63. The molecule has 128 valence electrons. The first kappa shape index (κ1) is 19.4. The molecular formula is C16H24ClN3O3. The van der Waals surface area contributed by atoms with Crippen LogP contribution in [0.3, 0.4) is 0 Å². The van der Waals surface area contributed by atoms with E-state index < -0.39 is 6.04 Å². The third kappa shape index (κ3) is 5.82. The van der Waals surface area contributed by atoms with E-state index in [1.54, 1.807) is 11.8 Å². The van der Waals surface area contributed by atoms with Crippen molar-refractivity contribution in [2.45, 2.75) is 25.4 Å². The molecule has 1 aliphatic rings. The van der Waals surface area contributed by atoms with E-state index >= 15 is 0 Å². The number of benzene rings is 1. The van der Waals surface area contributed by atoms with Gasteiger partial charge in [-0.3, -0.25) is 9.59 Å². The number of ether oxygens (including phenoxy) is 1. The summed E-state index contributed by atoms with van der Waals surface area (Å²) in [5.41, 5.74) is 6.93. The summed E-state index contributed by atoms with van der Waals surface area (Å²) in [7, 11) is 0. The number of nitrogens with one attached hydrogen (secondary N) is 1. The molecule has 0 aliphatic carbocycles. The summed E-state index contributed by atoms with van der Waals surface area (Å²) in [5, 5.41) is 2.73. The van der Waals surface area contributed by atoms with E-state index in [0.29, 0.717) is 26.3 Å². The highest BCUT2D eigenvalue weighted by molar-refractivity contribution is 5.87. The molecule has 6 nitrogen and oxygen atoms in total. The molecule has 0 saturated carbocycles. The van der Waals surface area contributed by atoms with Crippen LogP contribution in [-0.2, 0) is 14.3 Å². The van der Waals surface area contributed by atoms with Crippen LogP contribution in [0.1, 0.15) is 24.9 Å². The Balaban J connectivity index is 0.00000264. The summed E-state index contributed by atoms with van der Waals surface area (Å²) in [4.78, 5) is 26.0. The van der Waals surface area contributed by atoms with Crippen molar-refractivity contribution in [2.75, 3.05) is 26.3 Å². The topological polar surface area (TPSA) is 84.7 Å². The Bertz CT molecular complexity index is 507. The van der Waals surface area contributed by atoms with Gasteiger partial charge in [0, 0.05) is 25.6 Å². The average Bonchev–Trinajstić information content (AvgIpc) is 2.55. The van der Waals surface area contributed by atoms with Crippen molar-refractivity contribution in [3.8, 4) is 0 Å². The highest BCUT2D eigenvalue weighted by atomic mass is 35.5. The molecule has 2 rings (SSSR count). The Morgan fingerprint density at radius 3 is 2.48 bits per heavy atom. The third-order valence-corrected chi connectivity index (χ3v) is 3.70. The van der Waals surface area contributed by atoms with Crippen LogP contribution in [0.5, 0.6) is 0 Å². The third-order valence-electron chi connectivity index (χ3n) is 3.70. The van der Waals surface area contributed by atoms with Crippen molar-refractivity contribution >= 4 is 24.2 Å². The van der Waals surface area contributed by atoms with Crippen molar-refractivity contribution in [1.29, 1.82) is 0 Å². The lowest BCUT2D eigenvalue weighted by Crippen LogP contribution is -2.50. The number of nitrogens with zero attached hydrogens (tertiary/aromatic N) is 1. The maximum atomic E-state index is 12.2. The summed E-state index contributed by atoms with van der Waals surface area (Å²) in [6.07, 6.45) is 0.157. The van der Waals surface area contributed by atoms with E-state index in [4.69, 9.17) is 10.5 Å². The average molecular weight is 342 g/mol. The molecule has 23 heavy (non-hydrogen) atoms. The molecule has 1 aromatic rings. The van der Waals surface area contributed by atoms with Crippen molar-refractivity contribution < 1.29 is 14.3 Å². The monoisotopic (exact) mass is 341 g/mol. The zero-order valence-corrected chi connectivity index (χ0v) is 14.1. The van der Waals surface area contributed by atoms with Crippen LogP contribution in [0.15, 0.2) is 30.3 Å². The van der Waals surface area contributed by atoms with Crippen LogP contribution in [0.4, 0.5) is 0 Å². The predicted octanol–water partition coefficient (Wildman–Crippen LogP) is 0.862. The highest BCUT2D eigenvalue weighted by Gasteiger charge is 2.24. The van der Waals surface area contributed by atoms with Crippen LogP contribution in [-0.4, -0.2) is 49.1 Å². The van der Waals surface area contributed by atoms with Gasteiger partial charge in [0.05, 0.1) is 13.2 Å². The second-order valence-electron chi connectivity index (χ2n) is 5.45. The summed E-state index contributed by atoms with van der Waals surface area (Å²) >= 11 is 0. The van der Waals surface area contributed by atoms with Gasteiger partial charge >= 0.3 is 0 Å². The summed E-state index contributed by atoms with van der Waals surface area (Å²) in [5.74, 6) is -0.296. The molecular weight excluding hydrogens is 318 g/mol. The lowest BCUT2D eigenvalue weighted by atomic mass is 10.0. The number of hydrogen-bond acceptors (Lipinski definition) is 4. The summed E-state index contributed by atoms with van der Waals surface area (Å²) in [6, 6.07) is 8.54. The normalized spacial score (nSPS) is 16.9. The SMILES string of the molecule is CC(NC(=O)CC(N)c1ccccc1)C(=O)N1CCOCC1.Cl. The van der Waals surface area contributed by atoms with Crippen molar-refractivity contribution in [2.24, 2.45) is 5.73 Å². The van der Waals surface area contributed by atoms with Gasteiger partial charge in [-0.15, -0.1) is 12.4 Å². The fourth-order valence-electron chi connectivity index (χ4n) is 2.44. The Morgan fingerprint density at radius 1 is 1.26 bits per heavy atom. The first-order valence-electron chi connectivity index (χ1n) is 7.54. The molecule has 2 amide bonds. The van der Waals surface area contributed by atoms with Crippen LogP contribution in [0.2, 0.25) is 0 Å². The molecule has 1 heterocycles. The van der Waals surface area contributed by atoms with Gasteiger partial charge in [-0.05, 0) is 12.5 Å². The molecule has 0 bridgehead atoms. The van der Waals surface area contributed by atoms with E-state index in [9.17, 15) is 9.59 Å².